The molecule has 0 saturated carbocycles. The van der Waals surface area contributed by atoms with Crippen LogP contribution in [0.1, 0.15) is 25.8 Å². The van der Waals surface area contributed by atoms with Gasteiger partial charge in [-0.3, -0.25) is 0 Å². The van der Waals surface area contributed by atoms with Gasteiger partial charge in [-0.1, -0.05) is 29.8 Å². The number of hydrogen-bond acceptors (Lipinski definition) is 3. The normalized spacial score (nSPS) is 9.95. The second-order valence-corrected chi connectivity index (χ2v) is 5.43. The van der Waals surface area contributed by atoms with Crippen LogP contribution < -0.4 is 10.1 Å². The number of hydrogen-bond donors (Lipinski definition) is 1. The van der Waals surface area contributed by atoms with Crippen LogP contribution in [-0.2, 0) is 6.54 Å². The lowest BCUT2D eigenvalue weighted by molar-refractivity contribution is 0.298. The molecule has 0 aliphatic rings. The average molecular weight is 402 g/mol. The fraction of sp³-hybridized carbons (Fsp3) is 0.600. The number of nitrogens with zero attached hydrogens (tertiary/aromatic N) is 1. The summed E-state index contributed by atoms with van der Waals surface area (Å²) in [5.41, 5.74) is 1.19. The predicted molar refractivity (Wildman–Crippen MR) is 99.3 cm³/mol. The summed E-state index contributed by atoms with van der Waals surface area (Å²) in [6, 6.07) is 6.11. The molecule has 1 aromatic rings. The van der Waals surface area contributed by atoms with Crippen molar-refractivity contribution >= 4 is 40.7 Å². The molecule has 0 aromatic heterocycles. The molecule has 1 N–H and O–H groups in total. The molecule has 1 rings (SSSR count). The van der Waals surface area contributed by atoms with Crippen molar-refractivity contribution in [3.63, 3.8) is 0 Å². The number of methoxy groups -OCH3 is 1. The third kappa shape index (κ3) is 8.89. The lowest BCUT2D eigenvalue weighted by Gasteiger charge is -2.17. The van der Waals surface area contributed by atoms with Crippen LogP contribution in [0.25, 0.3) is 0 Å². The van der Waals surface area contributed by atoms with Crippen molar-refractivity contribution in [1.82, 2.24) is 10.2 Å². The number of rotatable bonds is 9. The fourth-order valence-electron chi connectivity index (χ4n) is 2.08. The Bertz CT molecular complexity index is 377. The van der Waals surface area contributed by atoms with E-state index in [0.29, 0.717) is 0 Å². The van der Waals surface area contributed by atoms with Gasteiger partial charge < -0.3 is 15.0 Å². The summed E-state index contributed by atoms with van der Waals surface area (Å²) in [5.74, 6) is 0.944. The standard InChI is InChI=1S/C15H25BrN2O.2ClH/c1-4-18(5-2)10-6-9-17-12-13-11-14(16)7-8-15(13)19-3;;/h7-8,11,17H,4-6,9-10,12H2,1-3H3;2*1H. The molecule has 0 radical (unpaired) electrons. The Kier molecular flexibility index (Phi) is 15.1. The zero-order valence-electron chi connectivity index (χ0n) is 13.0. The van der Waals surface area contributed by atoms with Gasteiger partial charge in [0.25, 0.3) is 0 Å². The number of ether oxygens (including phenoxy) is 1. The molecule has 6 heteroatoms. The van der Waals surface area contributed by atoms with Crippen LogP contribution in [0, 0.1) is 0 Å². The fourth-order valence-corrected chi connectivity index (χ4v) is 2.48. The van der Waals surface area contributed by atoms with Crippen LogP contribution in [0.4, 0.5) is 0 Å². The maximum absolute atomic E-state index is 5.36. The number of halogens is 3. The van der Waals surface area contributed by atoms with Gasteiger partial charge in [0.1, 0.15) is 5.75 Å². The summed E-state index contributed by atoms with van der Waals surface area (Å²) < 4.78 is 6.45. The van der Waals surface area contributed by atoms with E-state index in [1.54, 1.807) is 7.11 Å². The van der Waals surface area contributed by atoms with Crippen molar-refractivity contribution in [3.05, 3.63) is 28.2 Å². The summed E-state index contributed by atoms with van der Waals surface area (Å²) in [5, 5.41) is 3.48. The van der Waals surface area contributed by atoms with E-state index in [2.05, 4.69) is 46.1 Å². The molecule has 0 bridgehead atoms. The van der Waals surface area contributed by atoms with Crippen molar-refractivity contribution < 1.29 is 4.74 Å². The lowest BCUT2D eigenvalue weighted by atomic mass is 10.2. The smallest absolute Gasteiger partial charge is 0.123 e. The van der Waals surface area contributed by atoms with E-state index in [4.69, 9.17) is 4.74 Å². The summed E-state index contributed by atoms with van der Waals surface area (Å²) in [7, 11) is 1.72. The summed E-state index contributed by atoms with van der Waals surface area (Å²) in [6.07, 6.45) is 1.18. The molecule has 0 aliphatic carbocycles. The predicted octanol–water partition coefficient (Wildman–Crippen LogP) is 4.12. The summed E-state index contributed by atoms with van der Waals surface area (Å²) in [4.78, 5) is 2.45. The largest absolute Gasteiger partial charge is 0.496 e. The van der Waals surface area contributed by atoms with Crippen LogP contribution in [0.3, 0.4) is 0 Å². The maximum Gasteiger partial charge on any atom is 0.123 e. The van der Waals surface area contributed by atoms with Gasteiger partial charge in [-0.2, -0.15) is 0 Å². The molecule has 0 fully saturated rings. The second kappa shape index (κ2) is 13.6. The van der Waals surface area contributed by atoms with Gasteiger partial charge >= 0.3 is 0 Å². The van der Waals surface area contributed by atoms with Crippen molar-refractivity contribution in [2.24, 2.45) is 0 Å². The zero-order chi connectivity index (χ0) is 14.1. The SMILES string of the molecule is CCN(CC)CCCNCc1cc(Br)ccc1OC.Cl.Cl. The van der Waals surface area contributed by atoms with Crippen molar-refractivity contribution in [3.8, 4) is 5.75 Å². The van der Waals surface area contributed by atoms with E-state index in [1.165, 1.54) is 12.0 Å². The Labute approximate surface area is 149 Å². The molecule has 0 spiro atoms. The summed E-state index contributed by atoms with van der Waals surface area (Å²) >= 11 is 3.50. The zero-order valence-corrected chi connectivity index (χ0v) is 16.2. The molecule has 0 amide bonds. The molecule has 0 aliphatic heterocycles. The van der Waals surface area contributed by atoms with Crippen LogP contribution in [0.2, 0.25) is 0 Å². The minimum Gasteiger partial charge on any atom is -0.496 e. The van der Waals surface area contributed by atoms with Crippen LogP contribution in [0.5, 0.6) is 5.75 Å². The minimum absolute atomic E-state index is 0. The molecule has 124 valence electrons. The van der Waals surface area contributed by atoms with Gasteiger partial charge in [0.2, 0.25) is 0 Å². The highest BCUT2D eigenvalue weighted by Crippen LogP contribution is 2.22. The molecular formula is C15H27BrCl2N2O. The van der Waals surface area contributed by atoms with E-state index < -0.39 is 0 Å². The van der Waals surface area contributed by atoms with E-state index >= 15 is 0 Å². The van der Waals surface area contributed by atoms with Gasteiger partial charge in [0.15, 0.2) is 0 Å². The van der Waals surface area contributed by atoms with Crippen molar-refractivity contribution in [2.75, 3.05) is 33.3 Å². The first-order valence-electron chi connectivity index (χ1n) is 6.96. The van der Waals surface area contributed by atoms with Gasteiger partial charge in [0, 0.05) is 16.6 Å². The van der Waals surface area contributed by atoms with Gasteiger partial charge in [-0.05, 0) is 50.8 Å². The van der Waals surface area contributed by atoms with Crippen LogP contribution in [0.15, 0.2) is 22.7 Å². The Morgan fingerprint density at radius 2 is 1.86 bits per heavy atom. The van der Waals surface area contributed by atoms with Crippen LogP contribution in [-0.4, -0.2) is 38.2 Å². The van der Waals surface area contributed by atoms with Gasteiger partial charge in [-0.15, -0.1) is 24.8 Å². The highest BCUT2D eigenvalue weighted by molar-refractivity contribution is 9.10. The van der Waals surface area contributed by atoms with E-state index in [1.807, 2.05) is 12.1 Å². The average Bonchev–Trinajstić information content (AvgIpc) is 2.43. The van der Waals surface area contributed by atoms with Crippen molar-refractivity contribution in [1.29, 1.82) is 0 Å². The molecular weight excluding hydrogens is 375 g/mol. The van der Waals surface area contributed by atoms with Gasteiger partial charge in [-0.25, -0.2) is 0 Å². The number of nitrogens with one attached hydrogen (secondary N) is 1. The van der Waals surface area contributed by atoms with Crippen molar-refractivity contribution in [2.45, 2.75) is 26.8 Å². The first-order chi connectivity index (χ1) is 9.21. The first kappa shape index (κ1) is 23.3. The Balaban J connectivity index is 0. The number of benzene rings is 1. The second-order valence-electron chi connectivity index (χ2n) is 4.51. The Hall–Kier alpha value is -0.000000000000000111. The Morgan fingerprint density at radius 1 is 1.19 bits per heavy atom. The first-order valence-corrected chi connectivity index (χ1v) is 7.76. The minimum atomic E-state index is 0. The highest BCUT2D eigenvalue weighted by atomic mass is 79.9. The molecule has 0 atom stereocenters. The van der Waals surface area contributed by atoms with Crippen LogP contribution >= 0.6 is 40.7 Å². The van der Waals surface area contributed by atoms with E-state index in [9.17, 15) is 0 Å². The Morgan fingerprint density at radius 3 is 2.43 bits per heavy atom. The monoisotopic (exact) mass is 400 g/mol. The molecule has 21 heavy (non-hydrogen) atoms. The highest BCUT2D eigenvalue weighted by Gasteiger charge is 2.03. The summed E-state index contributed by atoms with van der Waals surface area (Å²) in [6.45, 7) is 9.74. The topological polar surface area (TPSA) is 24.5 Å². The lowest BCUT2D eigenvalue weighted by Crippen LogP contribution is -2.27. The third-order valence-corrected chi connectivity index (χ3v) is 3.77. The molecule has 0 saturated heterocycles. The molecule has 0 heterocycles. The molecule has 0 unspecified atom stereocenters. The third-order valence-electron chi connectivity index (χ3n) is 3.28. The van der Waals surface area contributed by atoms with Gasteiger partial charge in [0.05, 0.1) is 7.11 Å². The van der Waals surface area contributed by atoms with E-state index in [0.717, 1.165) is 42.9 Å². The quantitative estimate of drug-likeness (QED) is 0.629. The maximum atomic E-state index is 5.36. The van der Waals surface area contributed by atoms with E-state index in [-0.39, 0.29) is 24.8 Å². The molecule has 3 nitrogen and oxygen atoms in total. The molecule has 1 aromatic carbocycles.